The highest BCUT2D eigenvalue weighted by atomic mass is 16.6. The Bertz CT molecular complexity index is 726. The van der Waals surface area contributed by atoms with Gasteiger partial charge in [0.05, 0.1) is 19.6 Å². The number of esters is 2. The summed E-state index contributed by atoms with van der Waals surface area (Å²) in [6, 6.07) is 5.05. The summed E-state index contributed by atoms with van der Waals surface area (Å²) in [5.41, 5.74) is 4.95. The number of benzene rings is 1. The maximum Gasteiger partial charge on any atom is 0.344 e. The van der Waals surface area contributed by atoms with Crippen molar-refractivity contribution < 1.29 is 28.7 Å². The van der Waals surface area contributed by atoms with Crippen molar-refractivity contribution in [2.45, 2.75) is 52.5 Å². The molecule has 1 aromatic carbocycles. The van der Waals surface area contributed by atoms with Gasteiger partial charge in [-0.05, 0) is 38.0 Å². The molecule has 0 aliphatic carbocycles. The average Bonchev–Trinajstić information content (AvgIpc) is 2.62. The first kappa shape index (κ1) is 23.1. The van der Waals surface area contributed by atoms with Gasteiger partial charge in [-0.1, -0.05) is 19.4 Å². The van der Waals surface area contributed by atoms with Gasteiger partial charge in [-0.2, -0.15) is 0 Å². The summed E-state index contributed by atoms with van der Waals surface area (Å²) < 4.78 is 9.93. The minimum Gasteiger partial charge on any atom is -0.464 e. The van der Waals surface area contributed by atoms with E-state index in [0.29, 0.717) is 0 Å². The number of nitrogen functional groups attached to an aromatic ring is 1. The van der Waals surface area contributed by atoms with E-state index < -0.39 is 35.6 Å². The van der Waals surface area contributed by atoms with Gasteiger partial charge in [0.2, 0.25) is 11.4 Å². The van der Waals surface area contributed by atoms with E-state index in [2.05, 4.69) is 5.32 Å². The first-order chi connectivity index (χ1) is 13.2. The van der Waals surface area contributed by atoms with E-state index in [1.165, 1.54) is 0 Å². The summed E-state index contributed by atoms with van der Waals surface area (Å²) in [5.74, 6) is -3.37. The van der Waals surface area contributed by atoms with E-state index in [-0.39, 0.29) is 24.5 Å². The standard InChI is InChI=1S/C20H28N2O6/c1-5-8-14-9-10-16(21)15(11-14)17(24)12-20(22-13(4)23,18(25)27-6-2)19(26)28-7-3/h9-11H,5-8,12,21H2,1-4H3,(H,22,23). The third-order valence-electron chi connectivity index (χ3n) is 4.02. The van der Waals surface area contributed by atoms with Crippen LogP contribution in [0.4, 0.5) is 5.69 Å². The lowest BCUT2D eigenvalue weighted by atomic mass is 9.88. The van der Waals surface area contributed by atoms with Gasteiger partial charge in [0.25, 0.3) is 0 Å². The van der Waals surface area contributed by atoms with E-state index in [1.54, 1.807) is 26.0 Å². The lowest BCUT2D eigenvalue weighted by molar-refractivity contribution is -0.167. The number of anilines is 1. The first-order valence-electron chi connectivity index (χ1n) is 9.26. The van der Waals surface area contributed by atoms with Crippen LogP contribution >= 0.6 is 0 Å². The summed E-state index contributed by atoms with van der Waals surface area (Å²) in [4.78, 5) is 50.0. The first-order valence-corrected chi connectivity index (χ1v) is 9.26. The highest BCUT2D eigenvalue weighted by Gasteiger charge is 2.51. The van der Waals surface area contributed by atoms with Crippen LogP contribution in [0.5, 0.6) is 0 Å². The van der Waals surface area contributed by atoms with Crippen LogP contribution in [0.25, 0.3) is 0 Å². The zero-order valence-corrected chi connectivity index (χ0v) is 16.8. The third-order valence-corrected chi connectivity index (χ3v) is 4.02. The molecule has 0 aliphatic heterocycles. The molecule has 8 heteroatoms. The van der Waals surface area contributed by atoms with E-state index in [1.807, 2.05) is 13.0 Å². The minimum absolute atomic E-state index is 0.0398. The number of ether oxygens (including phenoxy) is 2. The number of aryl methyl sites for hydroxylation is 1. The Labute approximate surface area is 164 Å². The Balaban J connectivity index is 3.39. The summed E-state index contributed by atoms with van der Waals surface area (Å²) >= 11 is 0. The van der Waals surface area contributed by atoms with Gasteiger partial charge in [-0.15, -0.1) is 0 Å². The molecule has 0 heterocycles. The maximum absolute atomic E-state index is 13.0. The molecule has 1 amide bonds. The van der Waals surface area contributed by atoms with Crippen molar-refractivity contribution >= 4 is 29.3 Å². The number of rotatable bonds is 10. The Hall–Kier alpha value is -2.90. The monoisotopic (exact) mass is 392 g/mol. The fourth-order valence-electron chi connectivity index (χ4n) is 2.81. The Morgan fingerprint density at radius 2 is 1.61 bits per heavy atom. The van der Waals surface area contributed by atoms with Crippen LogP contribution in [0.15, 0.2) is 18.2 Å². The molecule has 1 aromatic rings. The molecule has 0 fully saturated rings. The maximum atomic E-state index is 13.0. The van der Waals surface area contributed by atoms with Crippen molar-refractivity contribution in [3.8, 4) is 0 Å². The van der Waals surface area contributed by atoms with Crippen molar-refractivity contribution in [3.63, 3.8) is 0 Å². The molecule has 0 atom stereocenters. The number of carbonyl (C=O) groups is 4. The lowest BCUT2D eigenvalue weighted by Crippen LogP contribution is -2.62. The quantitative estimate of drug-likeness (QED) is 0.269. The van der Waals surface area contributed by atoms with Gasteiger partial charge in [-0.25, -0.2) is 9.59 Å². The SMILES string of the molecule is CCCc1ccc(N)c(C(=O)CC(NC(C)=O)(C(=O)OCC)C(=O)OCC)c1. The molecule has 8 nitrogen and oxygen atoms in total. The minimum atomic E-state index is -2.28. The number of nitrogens with one attached hydrogen (secondary N) is 1. The number of ketones is 1. The molecule has 0 unspecified atom stereocenters. The summed E-state index contributed by atoms with van der Waals surface area (Å²) in [6.45, 7) is 6.16. The van der Waals surface area contributed by atoms with Crippen LogP contribution < -0.4 is 11.1 Å². The van der Waals surface area contributed by atoms with E-state index >= 15 is 0 Å². The lowest BCUT2D eigenvalue weighted by Gasteiger charge is -2.29. The van der Waals surface area contributed by atoms with Crippen molar-refractivity contribution in [1.29, 1.82) is 0 Å². The molecule has 0 saturated heterocycles. The predicted molar refractivity (Wildman–Crippen MR) is 104 cm³/mol. The molecule has 3 N–H and O–H groups in total. The number of Topliss-reactive ketones (excluding diaryl/α,β-unsaturated/α-hetero) is 1. The second-order valence-electron chi connectivity index (χ2n) is 6.30. The van der Waals surface area contributed by atoms with Gasteiger partial charge >= 0.3 is 11.9 Å². The molecular formula is C20H28N2O6. The van der Waals surface area contributed by atoms with Crippen molar-refractivity contribution in [1.82, 2.24) is 5.32 Å². The topological polar surface area (TPSA) is 125 Å². The molecule has 0 saturated carbocycles. The number of nitrogens with two attached hydrogens (primary N) is 1. The van der Waals surface area contributed by atoms with E-state index in [0.717, 1.165) is 25.3 Å². The van der Waals surface area contributed by atoms with E-state index in [4.69, 9.17) is 15.2 Å². The molecule has 0 aromatic heterocycles. The van der Waals surface area contributed by atoms with Crippen LogP contribution in [0.1, 0.15) is 56.5 Å². The van der Waals surface area contributed by atoms with Gasteiger partial charge in [0, 0.05) is 18.2 Å². The van der Waals surface area contributed by atoms with Gasteiger partial charge in [0.15, 0.2) is 5.78 Å². The highest BCUT2D eigenvalue weighted by molar-refractivity contribution is 6.14. The van der Waals surface area contributed by atoms with Crippen LogP contribution in [0.2, 0.25) is 0 Å². The summed E-state index contributed by atoms with van der Waals surface area (Å²) in [6.07, 6.45) is 0.955. The molecule has 1 rings (SSSR count). The molecule has 0 radical (unpaired) electrons. The molecule has 154 valence electrons. The second-order valence-corrected chi connectivity index (χ2v) is 6.30. The fourth-order valence-corrected chi connectivity index (χ4v) is 2.81. The molecule has 0 aliphatic rings. The molecular weight excluding hydrogens is 364 g/mol. The summed E-state index contributed by atoms with van der Waals surface area (Å²) in [7, 11) is 0. The molecule has 0 spiro atoms. The van der Waals surface area contributed by atoms with Crippen LogP contribution in [-0.4, -0.2) is 42.4 Å². The largest absolute Gasteiger partial charge is 0.464 e. The summed E-state index contributed by atoms with van der Waals surface area (Å²) in [5, 5.41) is 2.27. The Morgan fingerprint density at radius 3 is 2.07 bits per heavy atom. The Morgan fingerprint density at radius 1 is 1.04 bits per heavy atom. The number of hydrogen-bond acceptors (Lipinski definition) is 7. The highest BCUT2D eigenvalue weighted by Crippen LogP contribution is 2.24. The van der Waals surface area contributed by atoms with Crippen LogP contribution in [-0.2, 0) is 30.3 Å². The average molecular weight is 392 g/mol. The zero-order valence-electron chi connectivity index (χ0n) is 16.8. The Kier molecular flexibility index (Phi) is 8.63. The van der Waals surface area contributed by atoms with Crippen LogP contribution in [0.3, 0.4) is 0 Å². The second kappa shape index (κ2) is 10.4. The zero-order chi connectivity index (χ0) is 21.3. The van der Waals surface area contributed by atoms with Gasteiger partial charge < -0.3 is 20.5 Å². The smallest absolute Gasteiger partial charge is 0.344 e. The van der Waals surface area contributed by atoms with Crippen molar-refractivity contribution in [2.24, 2.45) is 0 Å². The van der Waals surface area contributed by atoms with Crippen LogP contribution in [0, 0.1) is 0 Å². The molecule has 28 heavy (non-hydrogen) atoms. The number of hydrogen-bond donors (Lipinski definition) is 2. The number of amides is 1. The fraction of sp³-hybridized carbons (Fsp3) is 0.500. The van der Waals surface area contributed by atoms with Crippen molar-refractivity contribution in [3.05, 3.63) is 29.3 Å². The van der Waals surface area contributed by atoms with Gasteiger partial charge in [-0.3, -0.25) is 9.59 Å². The predicted octanol–water partition coefficient (Wildman–Crippen LogP) is 1.80. The molecule has 0 bridgehead atoms. The third kappa shape index (κ3) is 5.55. The normalized spacial score (nSPS) is 10.9. The van der Waals surface area contributed by atoms with Gasteiger partial charge in [0.1, 0.15) is 0 Å². The van der Waals surface area contributed by atoms with E-state index in [9.17, 15) is 19.2 Å². The number of carbonyl (C=O) groups excluding carboxylic acids is 4. The van der Waals surface area contributed by atoms with Crippen molar-refractivity contribution in [2.75, 3.05) is 18.9 Å².